The maximum absolute atomic E-state index is 10.6. The van der Waals surface area contributed by atoms with Gasteiger partial charge in [-0.05, 0) is 165 Å². The van der Waals surface area contributed by atoms with Gasteiger partial charge in [-0.15, -0.1) is 0 Å². The Morgan fingerprint density at radius 2 is 0.792 bits per heavy atom. The highest BCUT2D eigenvalue weighted by Gasteiger charge is 2.49. The van der Waals surface area contributed by atoms with Crippen molar-refractivity contribution in [1.29, 1.82) is 5.26 Å². The quantitative estimate of drug-likeness (QED) is 0.149. The van der Waals surface area contributed by atoms with E-state index in [2.05, 4.69) is 278 Å². The molecule has 10 aromatic rings. The fourth-order valence-corrected chi connectivity index (χ4v) is 12.8. The van der Waals surface area contributed by atoms with Gasteiger partial charge in [-0.1, -0.05) is 226 Å². The van der Waals surface area contributed by atoms with Gasteiger partial charge < -0.3 is 4.90 Å². The van der Waals surface area contributed by atoms with Crippen LogP contribution in [-0.2, 0) is 27.1 Å². The Labute approximate surface area is 455 Å². The normalized spacial score (nSPS) is 15.2. The molecule has 3 nitrogen and oxygen atoms in total. The highest BCUT2D eigenvalue weighted by molar-refractivity contribution is 5.98. The van der Waals surface area contributed by atoms with E-state index in [9.17, 15) is 5.26 Å². The van der Waals surface area contributed by atoms with Crippen molar-refractivity contribution < 1.29 is 0 Å². The Morgan fingerprint density at radius 3 is 1.29 bits per heavy atom. The Balaban J connectivity index is 1.17. The molecule has 0 amide bonds. The zero-order valence-corrected chi connectivity index (χ0v) is 45.6. The molecule has 1 atom stereocenters. The number of rotatable bonds is 7. The summed E-state index contributed by atoms with van der Waals surface area (Å²) in [5.74, 6) is 0. The second-order valence-electron chi connectivity index (χ2n) is 24.4. The summed E-state index contributed by atoms with van der Waals surface area (Å²) in [5, 5.41) is 13.0. The zero-order valence-electron chi connectivity index (χ0n) is 45.6. The molecule has 0 aliphatic heterocycles. The van der Waals surface area contributed by atoms with E-state index in [0.29, 0.717) is 11.3 Å². The van der Waals surface area contributed by atoms with Crippen LogP contribution < -0.4 is 4.90 Å². The van der Waals surface area contributed by atoms with Gasteiger partial charge >= 0.3 is 0 Å². The van der Waals surface area contributed by atoms with Gasteiger partial charge in [0.1, 0.15) is 0 Å². The van der Waals surface area contributed by atoms with E-state index in [1.54, 1.807) is 6.07 Å². The summed E-state index contributed by atoms with van der Waals surface area (Å²) in [6.07, 6.45) is 0. The third-order valence-electron chi connectivity index (χ3n) is 16.7. The minimum Gasteiger partial charge on any atom is -0.312 e. The standard InChI is InChI=1S/C74H63N3/c1-70(2,3)51-24-30-55(31-25-51)73(54-20-12-11-13-21-54)66-23-17-16-22-62(66)63-38-36-59(45-68(63)73)77(61-41-48(47-75)40-58(44-61)76-10)60-37-39-64-65-42-49-18-14-15-19-50(49)43-67(65)74(69(64)46-60,56-32-26-52(27-33-56)71(4,5)6)57-34-28-53(29-35-57)72(7,8)9/h11-46H,1-9H3. The predicted octanol–water partition coefficient (Wildman–Crippen LogP) is 19.4. The largest absolute Gasteiger partial charge is 0.312 e. The van der Waals surface area contributed by atoms with Crippen LogP contribution in [0.3, 0.4) is 0 Å². The molecule has 0 fully saturated rings. The van der Waals surface area contributed by atoms with Crippen molar-refractivity contribution in [3.63, 3.8) is 0 Å². The predicted molar refractivity (Wildman–Crippen MR) is 320 cm³/mol. The van der Waals surface area contributed by atoms with Crippen molar-refractivity contribution in [2.24, 2.45) is 0 Å². The lowest BCUT2D eigenvalue weighted by atomic mass is 9.66. The van der Waals surface area contributed by atoms with E-state index in [0.717, 1.165) is 17.1 Å². The molecule has 0 aromatic heterocycles. The van der Waals surface area contributed by atoms with Gasteiger partial charge in [0.25, 0.3) is 0 Å². The zero-order chi connectivity index (χ0) is 53.6. The number of fused-ring (bicyclic) bond motifs is 7. The number of nitriles is 1. The van der Waals surface area contributed by atoms with Crippen LogP contribution in [0, 0.1) is 17.9 Å². The molecule has 0 N–H and O–H groups in total. The Kier molecular flexibility index (Phi) is 11.4. The first-order chi connectivity index (χ1) is 36.9. The molecule has 2 aliphatic rings. The highest BCUT2D eigenvalue weighted by Crippen LogP contribution is 2.60. The summed E-state index contributed by atoms with van der Waals surface area (Å²) in [5.41, 5.74) is 20.1. The number of benzene rings is 10. The van der Waals surface area contributed by atoms with Crippen LogP contribution in [0.5, 0.6) is 0 Å². The number of hydrogen-bond acceptors (Lipinski definition) is 2. The number of nitrogens with zero attached hydrogens (tertiary/aromatic N) is 3. The molecule has 10 aromatic carbocycles. The highest BCUT2D eigenvalue weighted by atomic mass is 15.1. The Bertz CT molecular complexity index is 3940. The molecule has 3 heteroatoms. The van der Waals surface area contributed by atoms with Crippen LogP contribution >= 0.6 is 0 Å². The monoisotopic (exact) mass is 994 g/mol. The molecule has 0 saturated carbocycles. The van der Waals surface area contributed by atoms with E-state index >= 15 is 0 Å². The molecule has 77 heavy (non-hydrogen) atoms. The smallest absolute Gasteiger partial charge is 0.190 e. The lowest BCUT2D eigenvalue weighted by Gasteiger charge is -2.36. The van der Waals surface area contributed by atoms with Gasteiger partial charge in [-0.2, -0.15) is 5.26 Å². The Hall–Kier alpha value is -8.76. The molecule has 374 valence electrons. The van der Waals surface area contributed by atoms with Crippen LogP contribution in [0.2, 0.25) is 0 Å². The van der Waals surface area contributed by atoms with Crippen LogP contribution in [0.25, 0.3) is 37.9 Å². The molecule has 0 spiro atoms. The molecular formula is C74H63N3. The van der Waals surface area contributed by atoms with Gasteiger partial charge in [0.15, 0.2) is 5.69 Å². The third-order valence-corrected chi connectivity index (χ3v) is 16.7. The lowest BCUT2D eigenvalue weighted by Crippen LogP contribution is -2.29. The molecular weight excluding hydrogens is 931 g/mol. The summed E-state index contributed by atoms with van der Waals surface area (Å²) < 4.78 is 0. The van der Waals surface area contributed by atoms with Crippen molar-refractivity contribution in [1.82, 2.24) is 0 Å². The lowest BCUT2D eigenvalue weighted by molar-refractivity contribution is 0.588. The van der Waals surface area contributed by atoms with Crippen LogP contribution in [-0.4, -0.2) is 0 Å². The maximum Gasteiger partial charge on any atom is 0.190 e. The topological polar surface area (TPSA) is 31.4 Å². The van der Waals surface area contributed by atoms with Crippen molar-refractivity contribution in [2.45, 2.75) is 89.4 Å². The molecule has 0 heterocycles. The Morgan fingerprint density at radius 1 is 0.377 bits per heavy atom. The average Bonchev–Trinajstić information content (AvgIpc) is 4.02. The van der Waals surface area contributed by atoms with Gasteiger partial charge in [-0.3, -0.25) is 0 Å². The molecule has 2 aliphatic carbocycles. The van der Waals surface area contributed by atoms with E-state index in [-0.39, 0.29) is 16.2 Å². The van der Waals surface area contributed by atoms with Crippen LogP contribution in [0.4, 0.5) is 22.7 Å². The third kappa shape index (κ3) is 7.83. The first kappa shape index (κ1) is 49.1. The summed E-state index contributed by atoms with van der Waals surface area (Å²) in [6.45, 7) is 28.8. The maximum atomic E-state index is 10.6. The second-order valence-corrected chi connectivity index (χ2v) is 24.4. The average molecular weight is 994 g/mol. The molecule has 0 radical (unpaired) electrons. The fourth-order valence-electron chi connectivity index (χ4n) is 12.8. The van der Waals surface area contributed by atoms with Gasteiger partial charge in [0.05, 0.1) is 23.5 Å². The SMILES string of the molecule is [C-]#[N+]c1cc(C#N)cc(N(c2ccc3c(c2)C(c2ccccc2)(c2ccc(C(C)(C)C)cc2)c2ccccc2-3)c2ccc3c(c2)C(c2ccc(C(C)(C)C)cc2)(c2ccc(C(C)(C)C)cc2)c2cc4ccccc4cc2-3)c1. The van der Waals surface area contributed by atoms with Crippen molar-refractivity contribution in [3.05, 3.63) is 297 Å². The molecule has 1 unspecified atom stereocenters. The number of hydrogen-bond donors (Lipinski definition) is 0. The molecule has 0 saturated heterocycles. The van der Waals surface area contributed by atoms with Gasteiger partial charge in [0, 0.05) is 22.6 Å². The summed E-state index contributed by atoms with van der Waals surface area (Å²) in [7, 11) is 0. The van der Waals surface area contributed by atoms with Gasteiger partial charge in [-0.25, -0.2) is 4.85 Å². The first-order valence-corrected chi connectivity index (χ1v) is 27.0. The second kappa shape index (κ2) is 17.9. The fraction of sp³-hybridized carbons (Fsp3) is 0.189. The van der Waals surface area contributed by atoms with E-state index in [4.69, 9.17) is 6.57 Å². The van der Waals surface area contributed by atoms with Crippen molar-refractivity contribution in [3.8, 4) is 28.3 Å². The van der Waals surface area contributed by atoms with Crippen molar-refractivity contribution >= 4 is 33.5 Å². The minimum absolute atomic E-state index is 0.0200. The van der Waals surface area contributed by atoms with Crippen LogP contribution in [0.15, 0.2) is 218 Å². The van der Waals surface area contributed by atoms with E-state index in [1.807, 2.05) is 12.1 Å². The summed E-state index contributed by atoms with van der Waals surface area (Å²) in [4.78, 5) is 6.24. The summed E-state index contributed by atoms with van der Waals surface area (Å²) in [6, 6.07) is 83.3. The van der Waals surface area contributed by atoms with E-state index < -0.39 is 10.8 Å². The summed E-state index contributed by atoms with van der Waals surface area (Å²) >= 11 is 0. The minimum atomic E-state index is -0.735. The van der Waals surface area contributed by atoms with Crippen LogP contribution in [0.1, 0.15) is 129 Å². The van der Waals surface area contributed by atoms with Crippen molar-refractivity contribution in [2.75, 3.05) is 4.90 Å². The van der Waals surface area contributed by atoms with E-state index in [1.165, 1.54) is 94.2 Å². The molecule has 12 rings (SSSR count). The molecule has 0 bridgehead atoms. The van der Waals surface area contributed by atoms with Gasteiger partial charge in [0.2, 0.25) is 0 Å². The number of anilines is 3. The first-order valence-electron chi connectivity index (χ1n) is 27.0.